The van der Waals surface area contributed by atoms with Crippen LogP contribution in [0.1, 0.15) is 10.4 Å². The fourth-order valence-electron chi connectivity index (χ4n) is 2.52. The van der Waals surface area contributed by atoms with Crippen LogP contribution in [0.3, 0.4) is 0 Å². The first kappa shape index (κ1) is 18.8. The standard InChI is InChI=1S/C17H14F2N4O3S/c1-22-13-12(15(25)23(2)17(22)26)7-10(8-20-13)21-14(24)9-3-5-11(6-4-9)27-16(18)19/h3-8,16H,1-2H3,(H,21,24). The van der Waals surface area contributed by atoms with Gasteiger partial charge in [0.05, 0.1) is 17.3 Å². The molecule has 0 fully saturated rings. The Morgan fingerprint density at radius 1 is 1.15 bits per heavy atom. The van der Waals surface area contributed by atoms with E-state index in [4.69, 9.17) is 0 Å². The molecule has 0 radical (unpaired) electrons. The second kappa shape index (κ2) is 7.31. The van der Waals surface area contributed by atoms with Crippen LogP contribution in [0.25, 0.3) is 11.0 Å². The second-order valence-corrected chi connectivity index (χ2v) is 6.72. The third-order valence-corrected chi connectivity index (χ3v) is 4.62. The highest BCUT2D eigenvalue weighted by Gasteiger charge is 2.13. The number of thioether (sulfide) groups is 1. The number of hydrogen-bond acceptors (Lipinski definition) is 5. The molecule has 1 amide bonds. The van der Waals surface area contributed by atoms with E-state index < -0.39 is 22.9 Å². The summed E-state index contributed by atoms with van der Waals surface area (Å²) in [5.74, 6) is -3.02. The van der Waals surface area contributed by atoms with Crippen molar-refractivity contribution >= 4 is 34.4 Å². The van der Waals surface area contributed by atoms with E-state index in [9.17, 15) is 23.2 Å². The van der Waals surface area contributed by atoms with Gasteiger partial charge < -0.3 is 5.32 Å². The molecule has 0 saturated heterocycles. The Kier molecular flexibility index (Phi) is 5.08. The van der Waals surface area contributed by atoms with Crippen LogP contribution in [0.15, 0.2) is 51.0 Å². The molecular weight excluding hydrogens is 378 g/mol. The van der Waals surface area contributed by atoms with Crippen LogP contribution >= 0.6 is 11.8 Å². The third kappa shape index (κ3) is 3.75. The number of aromatic nitrogens is 3. The van der Waals surface area contributed by atoms with E-state index in [0.29, 0.717) is 16.7 Å². The Labute approximate surface area is 155 Å². The van der Waals surface area contributed by atoms with Gasteiger partial charge in [-0.05, 0) is 30.3 Å². The molecule has 27 heavy (non-hydrogen) atoms. The smallest absolute Gasteiger partial charge is 0.321 e. The number of pyridine rings is 1. The number of alkyl halides is 2. The zero-order valence-corrected chi connectivity index (χ0v) is 15.1. The molecule has 3 aromatic rings. The molecule has 0 aliphatic rings. The number of halogens is 2. The summed E-state index contributed by atoms with van der Waals surface area (Å²) in [4.78, 5) is 40.9. The van der Waals surface area contributed by atoms with E-state index in [1.54, 1.807) is 0 Å². The Bertz CT molecular complexity index is 1140. The highest BCUT2D eigenvalue weighted by Crippen LogP contribution is 2.25. The van der Waals surface area contributed by atoms with Crippen LogP contribution in [0.5, 0.6) is 0 Å². The van der Waals surface area contributed by atoms with Gasteiger partial charge in [0, 0.05) is 24.6 Å². The minimum Gasteiger partial charge on any atom is -0.321 e. The maximum Gasteiger partial charge on any atom is 0.332 e. The molecular formula is C17H14F2N4O3S. The summed E-state index contributed by atoms with van der Waals surface area (Å²) < 4.78 is 26.9. The van der Waals surface area contributed by atoms with Crippen molar-refractivity contribution in [2.75, 3.05) is 5.32 Å². The van der Waals surface area contributed by atoms with Gasteiger partial charge in [-0.15, -0.1) is 0 Å². The number of aryl methyl sites for hydroxylation is 1. The van der Waals surface area contributed by atoms with Gasteiger partial charge in [-0.1, -0.05) is 11.8 Å². The summed E-state index contributed by atoms with van der Waals surface area (Å²) in [5, 5.41) is 2.78. The Hall–Kier alpha value is -3.01. The van der Waals surface area contributed by atoms with Crippen LogP contribution in [0.2, 0.25) is 0 Å². The lowest BCUT2D eigenvalue weighted by Gasteiger charge is -2.09. The van der Waals surface area contributed by atoms with Crippen molar-refractivity contribution in [3.8, 4) is 0 Å². The molecule has 2 aromatic heterocycles. The molecule has 0 unspecified atom stereocenters. The van der Waals surface area contributed by atoms with Gasteiger partial charge in [-0.2, -0.15) is 8.78 Å². The predicted molar refractivity (Wildman–Crippen MR) is 98.5 cm³/mol. The average Bonchev–Trinajstić information content (AvgIpc) is 2.64. The van der Waals surface area contributed by atoms with Gasteiger partial charge >= 0.3 is 5.69 Å². The molecule has 0 saturated carbocycles. The number of amides is 1. The minimum absolute atomic E-state index is 0.182. The van der Waals surface area contributed by atoms with Gasteiger partial charge in [0.2, 0.25) is 0 Å². The van der Waals surface area contributed by atoms with Crippen molar-refractivity contribution in [3.05, 3.63) is 62.9 Å². The first-order chi connectivity index (χ1) is 12.8. The van der Waals surface area contributed by atoms with Crippen molar-refractivity contribution in [1.82, 2.24) is 14.1 Å². The third-order valence-electron chi connectivity index (χ3n) is 3.89. The number of benzene rings is 1. The lowest BCUT2D eigenvalue weighted by Crippen LogP contribution is -2.37. The normalized spacial score (nSPS) is 11.1. The lowest BCUT2D eigenvalue weighted by molar-refractivity contribution is 0.102. The number of fused-ring (bicyclic) bond motifs is 1. The second-order valence-electron chi connectivity index (χ2n) is 5.66. The Morgan fingerprint density at radius 3 is 2.44 bits per heavy atom. The monoisotopic (exact) mass is 392 g/mol. The zero-order chi connectivity index (χ0) is 19.7. The summed E-state index contributed by atoms with van der Waals surface area (Å²) in [5.41, 5.74) is -0.283. The van der Waals surface area contributed by atoms with Crippen molar-refractivity contribution in [1.29, 1.82) is 0 Å². The topological polar surface area (TPSA) is 86.0 Å². The molecule has 0 spiro atoms. The van der Waals surface area contributed by atoms with Gasteiger partial charge in [0.1, 0.15) is 5.65 Å². The minimum atomic E-state index is -2.54. The average molecular weight is 392 g/mol. The molecule has 0 aliphatic heterocycles. The number of nitrogens with zero attached hydrogens (tertiary/aromatic N) is 3. The van der Waals surface area contributed by atoms with E-state index in [1.165, 1.54) is 55.2 Å². The van der Waals surface area contributed by atoms with Crippen LogP contribution < -0.4 is 16.6 Å². The molecule has 0 aliphatic carbocycles. The summed E-state index contributed by atoms with van der Waals surface area (Å²) >= 11 is 0.390. The first-order valence-electron chi connectivity index (χ1n) is 7.70. The lowest BCUT2D eigenvalue weighted by atomic mass is 10.2. The van der Waals surface area contributed by atoms with Gasteiger partial charge in [0.15, 0.2) is 0 Å². The predicted octanol–water partition coefficient (Wildman–Crippen LogP) is 2.20. The van der Waals surface area contributed by atoms with Crippen LogP contribution in [-0.2, 0) is 14.1 Å². The van der Waals surface area contributed by atoms with Gasteiger partial charge in [-0.3, -0.25) is 18.7 Å². The summed E-state index contributed by atoms with van der Waals surface area (Å²) in [7, 11) is 2.85. The molecule has 140 valence electrons. The number of carbonyl (C=O) groups excluding carboxylic acids is 1. The number of anilines is 1. The first-order valence-corrected chi connectivity index (χ1v) is 8.58. The summed E-state index contributed by atoms with van der Waals surface area (Å²) in [6, 6.07) is 7.14. The number of rotatable bonds is 4. The molecule has 7 nitrogen and oxygen atoms in total. The molecule has 0 bridgehead atoms. The molecule has 0 atom stereocenters. The molecule has 2 heterocycles. The SMILES string of the molecule is Cn1c(=O)c2cc(NC(=O)c3ccc(SC(F)F)cc3)cnc2n(C)c1=O. The highest BCUT2D eigenvalue weighted by atomic mass is 32.2. The molecule has 1 aromatic carbocycles. The van der Waals surface area contributed by atoms with Crippen LogP contribution in [-0.4, -0.2) is 25.8 Å². The van der Waals surface area contributed by atoms with E-state index in [2.05, 4.69) is 10.3 Å². The maximum atomic E-state index is 12.3. The van der Waals surface area contributed by atoms with Crippen molar-refractivity contribution < 1.29 is 13.6 Å². The Morgan fingerprint density at radius 2 is 1.81 bits per heavy atom. The Balaban J connectivity index is 1.89. The summed E-state index contributed by atoms with van der Waals surface area (Å²) in [6.07, 6.45) is 1.33. The zero-order valence-electron chi connectivity index (χ0n) is 14.3. The van der Waals surface area contributed by atoms with Gasteiger partial charge in [-0.25, -0.2) is 9.78 Å². The quantitative estimate of drug-likeness (QED) is 0.688. The van der Waals surface area contributed by atoms with Gasteiger partial charge in [0.25, 0.3) is 17.2 Å². The van der Waals surface area contributed by atoms with Crippen LogP contribution in [0, 0.1) is 0 Å². The fourth-order valence-corrected chi connectivity index (χ4v) is 3.02. The maximum absolute atomic E-state index is 12.3. The van der Waals surface area contributed by atoms with E-state index in [0.717, 1.165) is 4.57 Å². The number of nitrogens with one attached hydrogen (secondary N) is 1. The fraction of sp³-hybridized carbons (Fsp3) is 0.176. The van der Waals surface area contributed by atoms with Crippen molar-refractivity contribution in [2.45, 2.75) is 10.7 Å². The van der Waals surface area contributed by atoms with Crippen molar-refractivity contribution in [3.63, 3.8) is 0 Å². The molecule has 10 heteroatoms. The largest absolute Gasteiger partial charge is 0.332 e. The number of carbonyl (C=O) groups is 1. The van der Waals surface area contributed by atoms with E-state index >= 15 is 0 Å². The van der Waals surface area contributed by atoms with Crippen molar-refractivity contribution in [2.24, 2.45) is 14.1 Å². The van der Waals surface area contributed by atoms with E-state index in [1.807, 2.05) is 0 Å². The van der Waals surface area contributed by atoms with Crippen LogP contribution in [0.4, 0.5) is 14.5 Å². The van der Waals surface area contributed by atoms with E-state index in [-0.39, 0.29) is 22.3 Å². The molecule has 3 rings (SSSR count). The molecule has 1 N–H and O–H groups in total. The summed E-state index contributed by atoms with van der Waals surface area (Å²) in [6.45, 7) is 0. The number of hydrogen-bond donors (Lipinski definition) is 1. The highest BCUT2D eigenvalue weighted by molar-refractivity contribution is 7.99.